The molecule has 0 amide bonds. The van der Waals surface area contributed by atoms with Gasteiger partial charge in [-0.2, -0.15) is 0 Å². The number of carbonyl (C=O) groups excluding carboxylic acids is 3. The number of carbonyl (C=O) groups is 3. The van der Waals surface area contributed by atoms with E-state index in [-0.39, 0.29) is 37.5 Å². The first-order valence-electron chi connectivity index (χ1n) is 22.6. The molecule has 0 aromatic rings. The van der Waals surface area contributed by atoms with E-state index in [0.29, 0.717) is 19.3 Å². The van der Waals surface area contributed by atoms with E-state index in [0.717, 1.165) is 96.3 Å². The van der Waals surface area contributed by atoms with Crippen LogP contribution in [0.2, 0.25) is 0 Å². The van der Waals surface area contributed by atoms with Crippen LogP contribution in [0.3, 0.4) is 0 Å². The molecule has 0 saturated carbocycles. The smallest absolute Gasteiger partial charge is 0.306 e. The molecule has 0 N–H and O–H groups in total. The molecular formula is C50H82O6. The van der Waals surface area contributed by atoms with Gasteiger partial charge in [-0.15, -0.1) is 0 Å². The molecule has 0 aromatic carbocycles. The number of ether oxygens (including phenoxy) is 3. The summed E-state index contributed by atoms with van der Waals surface area (Å²) in [5.74, 6) is -0.966. The van der Waals surface area contributed by atoms with Crippen molar-refractivity contribution in [2.45, 2.75) is 200 Å². The molecule has 1 atom stereocenters. The van der Waals surface area contributed by atoms with Crippen molar-refractivity contribution in [3.8, 4) is 0 Å². The van der Waals surface area contributed by atoms with Crippen LogP contribution in [0.4, 0.5) is 0 Å². The summed E-state index contributed by atoms with van der Waals surface area (Å²) in [6, 6.07) is 0. The first-order valence-corrected chi connectivity index (χ1v) is 22.6. The van der Waals surface area contributed by atoms with Crippen LogP contribution >= 0.6 is 0 Å². The second-order valence-corrected chi connectivity index (χ2v) is 14.6. The van der Waals surface area contributed by atoms with Crippen molar-refractivity contribution in [3.63, 3.8) is 0 Å². The average Bonchev–Trinajstić information content (AvgIpc) is 3.19. The Morgan fingerprint density at radius 2 is 0.786 bits per heavy atom. The van der Waals surface area contributed by atoms with Gasteiger partial charge in [0.15, 0.2) is 6.10 Å². The van der Waals surface area contributed by atoms with Crippen molar-refractivity contribution in [2.75, 3.05) is 13.2 Å². The molecule has 0 aliphatic rings. The highest BCUT2D eigenvalue weighted by molar-refractivity contribution is 5.71. The highest BCUT2D eigenvalue weighted by atomic mass is 16.6. The second kappa shape index (κ2) is 44.3. The maximum Gasteiger partial charge on any atom is 0.306 e. The Bertz CT molecular complexity index is 1120. The fourth-order valence-electron chi connectivity index (χ4n) is 5.82. The van der Waals surface area contributed by atoms with Crippen molar-refractivity contribution in [1.29, 1.82) is 0 Å². The van der Waals surface area contributed by atoms with Crippen LogP contribution < -0.4 is 0 Å². The Kier molecular flexibility index (Phi) is 41.6. The van der Waals surface area contributed by atoms with E-state index in [2.05, 4.69) is 69.4 Å². The van der Waals surface area contributed by atoms with E-state index in [1.165, 1.54) is 51.4 Å². The van der Waals surface area contributed by atoms with Crippen LogP contribution in [0.15, 0.2) is 85.1 Å². The van der Waals surface area contributed by atoms with E-state index in [4.69, 9.17) is 14.2 Å². The molecule has 0 aliphatic carbocycles. The van der Waals surface area contributed by atoms with E-state index in [1.807, 2.05) is 36.5 Å². The van der Waals surface area contributed by atoms with Crippen LogP contribution in [0.25, 0.3) is 0 Å². The third kappa shape index (κ3) is 41.7. The lowest BCUT2D eigenvalue weighted by Crippen LogP contribution is -2.30. The molecule has 6 heteroatoms. The van der Waals surface area contributed by atoms with Gasteiger partial charge >= 0.3 is 17.9 Å². The molecule has 0 saturated heterocycles. The minimum absolute atomic E-state index is 0.101. The summed E-state index contributed by atoms with van der Waals surface area (Å²) >= 11 is 0. The van der Waals surface area contributed by atoms with Gasteiger partial charge in [0.05, 0.1) is 0 Å². The number of allylic oxidation sites excluding steroid dienone is 14. The predicted molar refractivity (Wildman–Crippen MR) is 237 cm³/mol. The molecule has 0 rings (SSSR count). The van der Waals surface area contributed by atoms with E-state index in [9.17, 15) is 14.4 Å². The molecule has 56 heavy (non-hydrogen) atoms. The molecule has 1 unspecified atom stereocenters. The molecule has 0 bridgehead atoms. The zero-order valence-electron chi connectivity index (χ0n) is 36.1. The van der Waals surface area contributed by atoms with Gasteiger partial charge in [0.25, 0.3) is 0 Å². The summed E-state index contributed by atoms with van der Waals surface area (Å²) < 4.78 is 16.7. The first-order chi connectivity index (χ1) is 27.5. The monoisotopic (exact) mass is 779 g/mol. The van der Waals surface area contributed by atoms with Gasteiger partial charge in [-0.25, -0.2) is 0 Å². The lowest BCUT2D eigenvalue weighted by atomic mass is 10.1. The molecule has 0 radical (unpaired) electrons. The zero-order chi connectivity index (χ0) is 40.8. The van der Waals surface area contributed by atoms with Crippen molar-refractivity contribution >= 4 is 17.9 Å². The second-order valence-electron chi connectivity index (χ2n) is 14.6. The highest BCUT2D eigenvalue weighted by Crippen LogP contribution is 2.13. The maximum atomic E-state index is 12.7. The summed E-state index contributed by atoms with van der Waals surface area (Å²) in [7, 11) is 0. The summed E-state index contributed by atoms with van der Waals surface area (Å²) in [6.07, 6.45) is 55.6. The molecule has 0 fully saturated rings. The largest absolute Gasteiger partial charge is 0.462 e. The molecular weight excluding hydrogens is 697 g/mol. The van der Waals surface area contributed by atoms with Crippen molar-refractivity contribution in [3.05, 3.63) is 85.1 Å². The van der Waals surface area contributed by atoms with Crippen LogP contribution in [-0.2, 0) is 28.6 Å². The van der Waals surface area contributed by atoms with Crippen molar-refractivity contribution < 1.29 is 28.6 Å². The van der Waals surface area contributed by atoms with Crippen LogP contribution in [-0.4, -0.2) is 37.2 Å². The molecule has 318 valence electrons. The van der Waals surface area contributed by atoms with Gasteiger partial charge in [0.1, 0.15) is 13.2 Å². The van der Waals surface area contributed by atoms with E-state index < -0.39 is 6.10 Å². The number of hydrogen-bond donors (Lipinski definition) is 0. The quantitative estimate of drug-likeness (QED) is 0.0203. The van der Waals surface area contributed by atoms with Gasteiger partial charge in [-0.3, -0.25) is 14.4 Å². The Morgan fingerprint density at radius 1 is 0.393 bits per heavy atom. The zero-order valence-corrected chi connectivity index (χ0v) is 36.1. The first kappa shape index (κ1) is 52.6. The number of hydrogen-bond acceptors (Lipinski definition) is 6. The number of esters is 3. The fraction of sp³-hybridized carbons (Fsp3) is 0.660. The molecule has 0 spiro atoms. The van der Waals surface area contributed by atoms with E-state index in [1.54, 1.807) is 0 Å². The summed E-state index contributed by atoms with van der Waals surface area (Å²) in [4.78, 5) is 37.7. The highest BCUT2D eigenvalue weighted by Gasteiger charge is 2.19. The topological polar surface area (TPSA) is 78.9 Å². The molecule has 0 aliphatic heterocycles. The van der Waals surface area contributed by atoms with Crippen molar-refractivity contribution in [1.82, 2.24) is 0 Å². The van der Waals surface area contributed by atoms with E-state index >= 15 is 0 Å². The van der Waals surface area contributed by atoms with Crippen molar-refractivity contribution in [2.24, 2.45) is 0 Å². The standard InChI is InChI=1S/C50H82O6/c1-4-7-10-13-16-19-22-24-26-28-31-34-37-40-43-49(52)55-46-47(45-54-48(51)42-39-36-33-30-27-21-18-15-12-9-6-3)56-50(53)44-41-38-35-32-29-25-23-20-17-14-11-8-5-2/h7-8,10-11,14-20,23,25,29,47H,4-6,9,12-13,21-22,24,26-28,30-46H2,1-3H3/b10-7-,11-8-,17-14-,18-15-,19-16-,23-20-,29-25-. The Morgan fingerprint density at radius 3 is 1.32 bits per heavy atom. The predicted octanol–water partition coefficient (Wildman–Crippen LogP) is 14.5. The molecule has 0 aromatic heterocycles. The molecule has 0 heterocycles. The van der Waals surface area contributed by atoms with Crippen LogP contribution in [0, 0.1) is 0 Å². The van der Waals surface area contributed by atoms with Crippen LogP contribution in [0.1, 0.15) is 194 Å². The van der Waals surface area contributed by atoms with Gasteiger partial charge in [-0.05, 0) is 83.5 Å². The summed E-state index contributed by atoms with van der Waals surface area (Å²) in [5, 5.41) is 0. The molecule has 6 nitrogen and oxygen atoms in total. The lowest BCUT2D eigenvalue weighted by Gasteiger charge is -2.18. The number of unbranched alkanes of at least 4 members (excludes halogenated alkanes) is 17. The fourth-order valence-corrected chi connectivity index (χ4v) is 5.82. The van der Waals surface area contributed by atoms with Gasteiger partial charge < -0.3 is 14.2 Å². The average molecular weight is 779 g/mol. The summed E-state index contributed by atoms with van der Waals surface area (Å²) in [5.41, 5.74) is 0. The third-order valence-electron chi connectivity index (χ3n) is 9.21. The summed E-state index contributed by atoms with van der Waals surface area (Å²) in [6.45, 7) is 6.28. The minimum Gasteiger partial charge on any atom is -0.462 e. The van der Waals surface area contributed by atoms with Gasteiger partial charge in [0.2, 0.25) is 0 Å². The normalized spacial score (nSPS) is 12.8. The maximum absolute atomic E-state index is 12.7. The van der Waals surface area contributed by atoms with Gasteiger partial charge in [0, 0.05) is 19.3 Å². The van der Waals surface area contributed by atoms with Gasteiger partial charge in [-0.1, -0.05) is 176 Å². The number of rotatable bonds is 39. The SMILES string of the molecule is CC\C=C/C=C\C=C/C=C\CCCCCC(=O)OC(COC(=O)CCCCCCC/C=C\CCCC)COC(=O)CCCCCCCCC/C=C\C/C=C\CC. The lowest BCUT2D eigenvalue weighted by molar-refractivity contribution is -0.167. The minimum atomic E-state index is -0.801. The Labute approximate surface area is 344 Å². The Balaban J connectivity index is 4.48. The Hall–Kier alpha value is -3.41. The third-order valence-corrected chi connectivity index (χ3v) is 9.21. The van der Waals surface area contributed by atoms with Crippen LogP contribution in [0.5, 0.6) is 0 Å².